The van der Waals surface area contributed by atoms with E-state index in [1.54, 1.807) is 18.2 Å². The van der Waals surface area contributed by atoms with Gasteiger partial charge in [0, 0.05) is 11.4 Å². The van der Waals surface area contributed by atoms with E-state index in [0.29, 0.717) is 11.4 Å². The normalized spacial score (nSPS) is 19.3. The average molecular weight is 369 g/mol. The molecule has 1 fully saturated rings. The Balaban J connectivity index is 1.47. The number of urea groups is 1. The summed E-state index contributed by atoms with van der Waals surface area (Å²) in [5, 5.41) is 5.92. The molecule has 0 spiro atoms. The van der Waals surface area contributed by atoms with Crippen molar-refractivity contribution in [2.75, 3.05) is 6.61 Å². The van der Waals surface area contributed by atoms with Crippen LogP contribution in [-0.2, 0) is 9.53 Å². The van der Waals surface area contributed by atoms with Crippen molar-refractivity contribution in [3.8, 4) is 0 Å². The second kappa shape index (κ2) is 8.62. The number of rotatable bonds is 4. The first kappa shape index (κ1) is 18.8. The van der Waals surface area contributed by atoms with Gasteiger partial charge < -0.3 is 10.1 Å². The Hall–Kier alpha value is -2.96. The van der Waals surface area contributed by atoms with Gasteiger partial charge in [0.25, 0.3) is 5.91 Å². The van der Waals surface area contributed by atoms with Crippen LogP contribution < -0.4 is 10.6 Å². The summed E-state index contributed by atoms with van der Waals surface area (Å²) in [5.41, 5.74) is 0.777. The van der Waals surface area contributed by atoms with E-state index in [9.17, 15) is 14.4 Å². The molecule has 3 rings (SSSR count). The van der Waals surface area contributed by atoms with Crippen LogP contribution in [0.4, 0.5) is 4.79 Å². The zero-order valence-corrected chi connectivity index (χ0v) is 15.2. The quantitative estimate of drug-likeness (QED) is 0.808. The highest BCUT2D eigenvalue weighted by Crippen LogP contribution is 2.23. The number of hydrogen-bond acceptors (Lipinski definition) is 5. The number of carbonyl (C=O) groups is 3. The van der Waals surface area contributed by atoms with Gasteiger partial charge in [0.1, 0.15) is 5.69 Å². The van der Waals surface area contributed by atoms with Crippen LogP contribution in [0, 0.1) is 5.92 Å². The maximum absolute atomic E-state index is 12.1. The number of fused-ring (bicyclic) bond motifs is 1. The van der Waals surface area contributed by atoms with Crippen molar-refractivity contribution in [3.63, 3.8) is 0 Å². The van der Waals surface area contributed by atoms with Gasteiger partial charge in [-0.3, -0.25) is 10.1 Å². The minimum absolute atomic E-state index is 0.0656. The molecule has 27 heavy (non-hydrogen) atoms. The molecule has 142 valence electrons. The van der Waals surface area contributed by atoms with Crippen LogP contribution in [0.25, 0.3) is 10.9 Å². The second-order valence-electron chi connectivity index (χ2n) is 6.86. The van der Waals surface area contributed by atoms with E-state index in [0.717, 1.165) is 24.6 Å². The monoisotopic (exact) mass is 369 g/mol. The molecular formula is C20H23N3O4. The van der Waals surface area contributed by atoms with Gasteiger partial charge >= 0.3 is 12.0 Å². The van der Waals surface area contributed by atoms with Crippen LogP contribution in [-0.4, -0.2) is 35.5 Å². The number of benzene rings is 1. The van der Waals surface area contributed by atoms with Gasteiger partial charge in [0.2, 0.25) is 0 Å². The number of hydrogen-bond donors (Lipinski definition) is 2. The summed E-state index contributed by atoms with van der Waals surface area (Å²) in [6.45, 7) is 1.55. The van der Waals surface area contributed by atoms with Crippen molar-refractivity contribution >= 4 is 28.8 Å². The zero-order valence-electron chi connectivity index (χ0n) is 15.2. The lowest BCUT2D eigenvalue weighted by atomic mass is 9.86. The summed E-state index contributed by atoms with van der Waals surface area (Å²) in [6.07, 6.45) is 4.21. The van der Waals surface area contributed by atoms with Crippen LogP contribution in [0.3, 0.4) is 0 Å². The molecule has 7 nitrogen and oxygen atoms in total. The molecule has 0 radical (unpaired) electrons. The predicted molar refractivity (Wildman–Crippen MR) is 100 cm³/mol. The smallest absolute Gasteiger partial charge is 0.357 e. The SMILES string of the molecule is C[C@@H]1CCCC[C@@H]1NC(=O)NC(=O)COC(=O)c1ccc2ccccc2n1. The van der Waals surface area contributed by atoms with Crippen LogP contribution >= 0.6 is 0 Å². The standard InChI is InChI=1S/C20H23N3O4/c1-13-6-2-4-8-15(13)22-20(26)23-18(24)12-27-19(25)17-11-10-14-7-3-5-9-16(14)21-17/h3,5,7,9-11,13,15H,2,4,6,8,12H2,1H3,(H2,22,23,24,26)/t13-,15+/m1/s1. The van der Waals surface area contributed by atoms with E-state index in [2.05, 4.69) is 22.5 Å². The first-order chi connectivity index (χ1) is 13.0. The Morgan fingerprint density at radius 2 is 1.89 bits per heavy atom. The van der Waals surface area contributed by atoms with E-state index >= 15 is 0 Å². The third kappa shape index (κ3) is 5.03. The molecule has 1 aromatic carbocycles. The summed E-state index contributed by atoms with van der Waals surface area (Å²) in [4.78, 5) is 40.1. The molecule has 7 heteroatoms. The Morgan fingerprint density at radius 1 is 1.11 bits per heavy atom. The van der Waals surface area contributed by atoms with E-state index in [1.165, 1.54) is 6.42 Å². The summed E-state index contributed by atoms with van der Waals surface area (Å²) in [7, 11) is 0. The molecule has 1 heterocycles. The van der Waals surface area contributed by atoms with Gasteiger partial charge in [-0.15, -0.1) is 0 Å². The fourth-order valence-corrected chi connectivity index (χ4v) is 3.28. The zero-order chi connectivity index (χ0) is 19.2. The Bertz CT molecular complexity index is 852. The maximum Gasteiger partial charge on any atom is 0.357 e. The van der Waals surface area contributed by atoms with Gasteiger partial charge in [0.05, 0.1) is 5.52 Å². The number of pyridine rings is 1. The molecular weight excluding hydrogens is 346 g/mol. The number of amides is 3. The molecule has 3 amide bonds. The lowest BCUT2D eigenvalue weighted by molar-refractivity contribution is -0.123. The van der Waals surface area contributed by atoms with Gasteiger partial charge in [-0.25, -0.2) is 14.6 Å². The molecule has 0 bridgehead atoms. The summed E-state index contributed by atoms with van der Waals surface area (Å²) in [5.74, 6) is -1.00. The molecule has 0 saturated heterocycles. The fraction of sp³-hybridized carbons (Fsp3) is 0.400. The van der Waals surface area contributed by atoms with Crippen molar-refractivity contribution in [2.45, 2.75) is 38.6 Å². The van der Waals surface area contributed by atoms with E-state index in [4.69, 9.17) is 4.74 Å². The highest BCUT2D eigenvalue weighted by Gasteiger charge is 2.23. The van der Waals surface area contributed by atoms with Crippen LogP contribution in [0.15, 0.2) is 36.4 Å². The highest BCUT2D eigenvalue weighted by atomic mass is 16.5. The molecule has 1 aromatic heterocycles. The molecule has 0 unspecified atom stereocenters. The maximum atomic E-state index is 12.1. The van der Waals surface area contributed by atoms with Crippen molar-refractivity contribution in [1.82, 2.24) is 15.6 Å². The number of ether oxygens (including phenoxy) is 1. The minimum atomic E-state index is -0.711. The Labute approximate surface area is 157 Å². The molecule has 2 atom stereocenters. The number of nitrogens with one attached hydrogen (secondary N) is 2. The number of para-hydroxylation sites is 1. The third-order valence-corrected chi connectivity index (χ3v) is 4.82. The summed E-state index contributed by atoms with van der Waals surface area (Å²) < 4.78 is 4.96. The van der Waals surface area contributed by atoms with E-state index < -0.39 is 24.5 Å². The lowest BCUT2D eigenvalue weighted by Gasteiger charge is -2.29. The fourth-order valence-electron chi connectivity index (χ4n) is 3.28. The predicted octanol–water partition coefficient (Wildman–Crippen LogP) is 2.80. The summed E-state index contributed by atoms with van der Waals surface area (Å²) in [6, 6.07) is 10.2. The molecule has 1 saturated carbocycles. The highest BCUT2D eigenvalue weighted by molar-refractivity contribution is 5.97. The first-order valence-electron chi connectivity index (χ1n) is 9.16. The number of aromatic nitrogens is 1. The van der Waals surface area contributed by atoms with Crippen molar-refractivity contribution in [3.05, 3.63) is 42.1 Å². The van der Waals surface area contributed by atoms with E-state index in [1.807, 2.05) is 18.2 Å². The van der Waals surface area contributed by atoms with Crippen molar-refractivity contribution in [1.29, 1.82) is 0 Å². The molecule has 2 aromatic rings. The average Bonchev–Trinajstić information content (AvgIpc) is 2.67. The van der Waals surface area contributed by atoms with Gasteiger partial charge in [-0.1, -0.05) is 44.0 Å². The third-order valence-electron chi connectivity index (χ3n) is 4.82. The molecule has 2 N–H and O–H groups in total. The molecule has 0 aliphatic heterocycles. The van der Waals surface area contributed by atoms with Gasteiger partial charge in [-0.05, 0) is 30.9 Å². The Kier molecular flexibility index (Phi) is 6.01. The van der Waals surface area contributed by atoms with Crippen molar-refractivity contribution in [2.24, 2.45) is 5.92 Å². The molecule has 1 aliphatic carbocycles. The van der Waals surface area contributed by atoms with Gasteiger partial charge in [-0.2, -0.15) is 0 Å². The largest absolute Gasteiger partial charge is 0.451 e. The van der Waals surface area contributed by atoms with Crippen LogP contribution in [0.2, 0.25) is 0 Å². The Morgan fingerprint density at radius 3 is 2.70 bits per heavy atom. The first-order valence-corrected chi connectivity index (χ1v) is 9.16. The second-order valence-corrected chi connectivity index (χ2v) is 6.86. The topological polar surface area (TPSA) is 97.4 Å². The van der Waals surface area contributed by atoms with Crippen LogP contribution in [0.5, 0.6) is 0 Å². The van der Waals surface area contributed by atoms with Crippen molar-refractivity contribution < 1.29 is 19.1 Å². The number of nitrogens with zero attached hydrogens (tertiary/aromatic N) is 1. The minimum Gasteiger partial charge on any atom is -0.451 e. The number of imide groups is 1. The van der Waals surface area contributed by atoms with Crippen LogP contribution in [0.1, 0.15) is 43.1 Å². The number of esters is 1. The van der Waals surface area contributed by atoms with E-state index in [-0.39, 0.29) is 11.7 Å². The van der Waals surface area contributed by atoms with Gasteiger partial charge in [0.15, 0.2) is 6.61 Å². The number of carbonyl (C=O) groups excluding carboxylic acids is 3. The lowest BCUT2D eigenvalue weighted by Crippen LogP contribution is -2.48. The summed E-state index contributed by atoms with van der Waals surface area (Å²) >= 11 is 0. The molecule has 1 aliphatic rings.